The van der Waals surface area contributed by atoms with Crippen molar-refractivity contribution in [1.82, 2.24) is 9.66 Å². The quantitative estimate of drug-likeness (QED) is 0.473. The fraction of sp³-hybridized carbons (Fsp3) is 0. The summed E-state index contributed by atoms with van der Waals surface area (Å²) >= 11 is 6.05. The van der Waals surface area contributed by atoms with Crippen molar-refractivity contribution in [3.05, 3.63) is 102 Å². The number of amidine groups is 1. The van der Waals surface area contributed by atoms with Crippen LogP contribution in [0.5, 0.6) is 0 Å². The lowest BCUT2D eigenvalue weighted by molar-refractivity contribution is 0.106. The highest BCUT2D eigenvalue weighted by atomic mass is 35.5. The van der Waals surface area contributed by atoms with Crippen molar-refractivity contribution < 1.29 is 4.79 Å². The number of hydrogen-bond donors (Lipinski definition) is 1. The third-order valence-electron chi connectivity index (χ3n) is 4.69. The Kier molecular flexibility index (Phi) is 4.53. The lowest BCUT2D eigenvalue weighted by atomic mass is 10.1. The van der Waals surface area contributed by atoms with E-state index in [1.165, 1.54) is 0 Å². The van der Waals surface area contributed by atoms with Gasteiger partial charge in [0.05, 0.1) is 17.6 Å². The normalized spacial score (nSPS) is 12.7. The summed E-state index contributed by atoms with van der Waals surface area (Å²) in [4.78, 5) is 17.8. The fourth-order valence-electron chi connectivity index (χ4n) is 3.21. The molecule has 30 heavy (non-hydrogen) atoms. The molecule has 0 aliphatic carbocycles. The van der Waals surface area contributed by atoms with Gasteiger partial charge in [-0.25, -0.2) is 9.66 Å². The molecular formula is C23H16ClN5O. The summed E-state index contributed by atoms with van der Waals surface area (Å²) in [7, 11) is 0. The van der Waals surface area contributed by atoms with Crippen LogP contribution in [0.1, 0.15) is 10.4 Å². The highest BCUT2D eigenvalue weighted by molar-refractivity contribution is 6.48. The number of nitrogens with zero attached hydrogens (tertiary/aromatic N) is 4. The second-order valence-electron chi connectivity index (χ2n) is 6.71. The van der Waals surface area contributed by atoms with E-state index in [0.29, 0.717) is 16.5 Å². The van der Waals surface area contributed by atoms with Crippen LogP contribution in [0.15, 0.2) is 96.2 Å². The van der Waals surface area contributed by atoms with E-state index >= 15 is 0 Å². The van der Waals surface area contributed by atoms with Crippen LogP contribution in [-0.2, 0) is 0 Å². The lowest BCUT2D eigenvalue weighted by Crippen LogP contribution is -2.38. The van der Waals surface area contributed by atoms with Crippen molar-refractivity contribution in [2.75, 3.05) is 10.4 Å². The predicted octanol–water partition coefficient (Wildman–Crippen LogP) is 5.10. The fourth-order valence-corrected chi connectivity index (χ4v) is 3.34. The number of nitrogens with one attached hydrogen (secondary N) is 1. The molecule has 6 nitrogen and oxygen atoms in total. The van der Waals surface area contributed by atoms with Gasteiger partial charge >= 0.3 is 0 Å². The minimum absolute atomic E-state index is 0.195. The minimum Gasteiger partial charge on any atom is -0.285 e. The summed E-state index contributed by atoms with van der Waals surface area (Å²) in [6.45, 7) is 0. The van der Waals surface area contributed by atoms with Gasteiger partial charge in [-0.15, -0.1) is 5.10 Å². The van der Waals surface area contributed by atoms with Crippen LogP contribution in [-0.4, -0.2) is 21.3 Å². The van der Waals surface area contributed by atoms with E-state index in [1.54, 1.807) is 34.0 Å². The Morgan fingerprint density at radius 3 is 2.23 bits per heavy atom. The van der Waals surface area contributed by atoms with Gasteiger partial charge in [-0.05, 0) is 24.3 Å². The van der Waals surface area contributed by atoms with Crippen LogP contribution < -0.4 is 10.4 Å². The van der Waals surface area contributed by atoms with Crippen LogP contribution in [0.3, 0.4) is 0 Å². The molecule has 1 aliphatic heterocycles. The molecule has 2 heterocycles. The van der Waals surface area contributed by atoms with Crippen molar-refractivity contribution in [2.45, 2.75) is 0 Å². The van der Waals surface area contributed by atoms with Gasteiger partial charge in [0.25, 0.3) is 5.95 Å². The smallest absolute Gasteiger partial charge is 0.251 e. The molecule has 7 heteroatoms. The number of aromatic nitrogens is 2. The zero-order valence-corrected chi connectivity index (χ0v) is 16.5. The first kappa shape index (κ1) is 18.1. The molecule has 4 aromatic rings. The Morgan fingerprint density at radius 1 is 0.867 bits per heavy atom. The van der Waals surface area contributed by atoms with Crippen LogP contribution in [0.4, 0.5) is 11.6 Å². The van der Waals surface area contributed by atoms with Crippen LogP contribution in [0.2, 0.25) is 5.02 Å². The molecule has 0 amide bonds. The SMILES string of the molecule is O=C(C1=NN(c2ccc(Cl)cc2)c2nc(-c3ccccc3)cn2N1)c1ccccc1. The van der Waals surface area contributed by atoms with E-state index in [1.807, 2.05) is 66.9 Å². The topological polar surface area (TPSA) is 62.5 Å². The average molecular weight is 414 g/mol. The third-order valence-corrected chi connectivity index (χ3v) is 4.95. The van der Waals surface area contributed by atoms with Gasteiger partial charge in [0.15, 0.2) is 0 Å². The molecule has 0 saturated heterocycles. The Balaban J connectivity index is 1.60. The first-order valence-corrected chi connectivity index (χ1v) is 9.73. The zero-order chi connectivity index (χ0) is 20.5. The van der Waals surface area contributed by atoms with Gasteiger partial charge in [0.2, 0.25) is 11.6 Å². The predicted molar refractivity (Wildman–Crippen MR) is 119 cm³/mol. The molecule has 146 valence electrons. The lowest BCUT2D eigenvalue weighted by Gasteiger charge is -2.26. The highest BCUT2D eigenvalue weighted by Gasteiger charge is 2.27. The minimum atomic E-state index is -0.213. The van der Waals surface area contributed by atoms with Crippen molar-refractivity contribution in [2.24, 2.45) is 5.10 Å². The number of ketones is 1. The number of fused-ring (bicyclic) bond motifs is 1. The Hall–Kier alpha value is -3.90. The summed E-state index contributed by atoms with van der Waals surface area (Å²) < 4.78 is 1.71. The molecule has 0 bridgehead atoms. The Morgan fingerprint density at radius 2 is 1.53 bits per heavy atom. The number of anilines is 2. The van der Waals surface area contributed by atoms with Crippen molar-refractivity contribution in [3.63, 3.8) is 0 Å². The van der Waals surface area contributed by atoms with E-state index in [0.717, 1.165) is 16.9 Å². The summed E-state index contributed by atoms with van der Waals surface area (Å²) in [6, 6.07) is 26.1. The number of carbonyl (C=O) groups excluding carboxylic acids is 1. The zero-order valence-electron chi connectivity index (χ0n) is 15.7. The Labute approximate surface area is 178 Å². The van der Waals surface area contributed by atoms with E-state index < -0.39 is 0 Å². The maximum absolute atomic E-state index is 13.0. The molecule has 0 atom stereocenters. The monoisotopic (exact) mass is 413 g/mol. The van der Waals surface area contributed by atoms with E-state index in [-0.39, 0.29) is 11.6 Å². The van der Waals surface area contributed by atoms with E-state index in [2.05, 4.69) is 10.5 Å². The molecule has 1 aliphatic rings. The van der Waals surface area contributed by atoms with Gasteiger partial charge in [0.1, 0.15) is 0 Å². The summed E-state index contributed by atoms with van der Waals surface area (Å²) in [5.41, 5.74) is 6.10. The van der Waals surface area contributed by atoms with Gasteiger partial charge in [-0.2, -0.15) is 5.01 Å². The molecule has 0 unspecified atom stereocenters. The molecule has 0 spiro atoms. The largest absolute Gasteiger partial charge is 0.285 e. The van der Waals surface area contributed by atoms with Crippen LogP contribution in [0.25, 0.3) is 11.3 Å². The van der Waals surface area contributed by atoms with E-state index in [4.69, 9.17) is 16.6 Å². The Bertz CT molecular complexity index is 1230. The molecule has 1 aromatic heterocycles. The first-order chi connectivity index (χ1) is 14.7. The van der Waals surface area contributed by atoms with Crippen LogP contribution in [0, 0.1) is 0 Å². The second-order valence-corrected chi connectivity index (χ2v) is 7.14. The van der Waals surface area contributed by atoms with Crippen LogP contribution >= 0.6 is 11.6 Å². The molecule has 0 saturated carbocycles. The number of carbonyl (C=O) groups is 1. The molecule has 3 aromatic carbocycles. The number of hydrogen-bond acceptors (Lipinski definition) is 5. The second kappa shape index (κ2) is 7.50. The average Bonchev–Trinajstić information content (AvgIpc) is 3.24. The molecule has 1 N–H and O–H groups in total. The summed E-state index contributed by atoms with van der Waals surface area (Å²) in [5, 5.41) is 6.82. The highest BCUT2D eigenvalue weighted by Crippen LogP contribution is 2.31. The maximum Gasteiger partial charge on any atom is 0.251 e. The standard InChI is InChI=1S/C23H16ClN5O/c24-18-11-13-19(14-12-18)29-23-25-20(16-7-3-1-4-8-16)15-28(23)26-22(27-29)21(30)17-9-5-2-6-10-17/h1-15H,(H,26,27). The molecular weight excluding hydrogens is 398 g/mol. The summed E-state index contributed by atoms with van der Waals surface area (Å²) in [5.74, 6) is 0.525. The number of hydrazone groups is 1. The van der Waals surface area contributed by atoms with Crippen molar-refractivity contribution >= 4 is 34.9 Å². The molecule has 0 radical (unpaired) electrons. The van der Waals surface area contributed by atoms with Crippen molar-refractivity contribution in [3.8, 4) is 11.3 Å². The van der Waals surface area contributed by atoms with Gasteiger partial charge in [0, 0.05) is 16.1 Å². The van der Waals surface area contributed by atoms with E-state index in [9.17, 15) is 4.79 Å². The number of benzene rings is 3. The number of rotatable bonds is 4. The first-order valence-electron chi connectivity index (χ1n) is 9.35. The third kappa shape index (κ3) is 3.33. The number of imidazole rings is 1. The number of halogens is 1. The number of Topliss-reactive ketones (excluding diaryl/α,β-unsaturated/α-hetero) is 1. The maximum atomic E-state index is 13.0. The van der Waals surface area contributed by atoms with Gasteiger partial charge in [-0.1, -0.05) is 72.3 Å². The molecule has 5 rings (SSSR count). The van der Waals surface area contributed by atoms with Gasteiger partial charge in [-0.3, -0.25) is 10.2 Å². The molecule has 0 fully saturated rings. The summed E-state index contributed by atoms with van der Waals surface area (Å²) in [6.07, 6.45) is 1.85. The van der Waals surface area contributed by atoms with Gasteiger partial charge < -0.3 is 0 Å². The van der Waals surface area contributed by atoms with Crippen molar-refractivity contribution in [1.29, 1.82) is 0 Å².